The van der Waals surface area contributed by atoms with E-state index in [4.69, 9.17) is 28.8 Å². The van der Waals surface area contributed by atoms with Crippen molar-refractivity contribution in [1.82, 2.24) is 0 Å². The Labute approximate surface area is 292 Å². The molecule has 3 aromatic rings. The highest BCUT2D eigenvalue weighted by Crippen LogP contribution is 2.54. The molecule has 0 bridgehead atoms. The van der Waals surface area contributed by atoms with E-state index in [0.29, 0.717) is 52.7 Å². The predicted octanol–water partition coefficient (Wildman–Crippen LogP) is 8.19. The lowest BCUT2D eigenvalue weighted by molar-refractivity contribution is -0.138. The van der Waals surface area contributed by atoms with Gasteiger partial charge < -0.3 is 28.8 Å². The third-order valence-corrected chi connectivity index (χ3v) is 9.34. The number of ketones is 1. The van der Waals surface area contributed by atoms with Gasteiger partial charge in [0.1, 0.15) is 11.5 Å². The number of aryl methyl sites for hydroxylation is 1. The van der Waals surface area contributed by atoms with Crippen LogP contribution in [0.3, 0.4) is 0 Å². The minimum absolute atomic E-state index is 0.0145. The third-order valence-electron chi connectivity index (χ3n) is 9.34. The number of unbranched alkanes of at least 4 members (excludes halogenated alkanes) is 2. The lowest BCUT2D eigenvalue weighted by Crippen LogP contribution is -2.27. The summed E-state index contributed by atoms with van der Waals surface area (Å²) >= 11 is 0. The van der Waals surface area contributed by atoms with Crippen LogP contribution < -0.4 is 4.74 Å². The quantitative estimate of drug-likeness (QED) is 0.0899. The Morgan fingerprint density at radius 3 is 1.86 bits per heavy atom. The number of carbonyl (C=O) groups excluding carboxylic acids is 1. The number of carboxylic acid groups (broad SMARTS) is 1. The second-order valence-electron chi connectivity index (χ2n) is 12.9. The van der Waals surface area contributed by atoms with Crippen molar-refractivity contribution in [1.29, 1.82) is 0 Å². The first-order chi connectivity index (χ1) is 23.9. The predicted molar refractivity (Wildman–Crippen MR) is 193 cm³/mol. The van der Waals surface area contributed by atoms with E-state index in [-0.39, 0.29) is 24.0 Å². The van der Waals surface area contributed by atoms with E-state index in [9.17, 15) is 9.59 Å². The van der Waals surface area contributed by atoms with Gasteiger partial charge in [-0.3, -0.25) is 9.59 Å². The Kier molecular flexibility index (Phi) is 15.8. The van der Waals surface area contributed by atoms with Gasteiger partial charge in [-0.25, -0.2) is 0 Å². The van der Waals surface area contributed by atoms with Gasteiger partial charge in [-0.2, -0.15) is 0 Å². The van der Waals surface area contributed by atoms with Crippen LogP contribution in [0, 0.1) is 6.92 Å². The lowest BCUT2D eigenvalue weighted by Gasteiger charge is -2.33. The van der Waals surface area contributed by atoms with Crippen molar-refractivity contribution in [3.63, 3.8) is 0 Å². The number of carboxylic acids is 1. The van der Waals surface area contributed by atoms with Crippen molar-refractivity contribution >= 4 is 11.8 Å². The number of methoxy groups -OCH3 is 2. The molecule has 8 heteroatoms. The largest absolute Gasteiger partial charge is 0.494 e. The Hall–Kier alpha value is -3.56. The molecule has 8 nitrogen and oxygen atoms in total. The summed E-state index contributed by atoms with van der Waals surface area (Å²) < 4.78 is 28.2. The van der Waals surface area contributed by atoms with Gasteiger partial charge in [-0.15, -0.1) is 0 Å². The number of hydrogen-bond acceptors (Lipinski definition) is 7. The number of rotatable bonds is 25. The van der Waals surface area contributed by atoms with E-state index >= 15 is 0 Å². The molecule has 0 spiro atoms. The number of carbonyl (C=O) groups is 2. The number of ether oxygens (including phenoxy) is 5. The van der Waals surface area contributed by atoms with Crippen LogP contribution >= 0.6 is 0 Å². The molecule has 1 aliphatic carbocycles. The van der Waals surface area contributed by atoms with E-state index in [2.05, 4.69) is 55.5 Å². The molecule has 0 fully saturated rings. The Morgan fingerprint density at radius 2 is 1.22 bits per heavy atom. The summed E-state index contributed by atoms with van der Waals surface area (Å²) in [5.41, 5.74) is 8.85. The number of hydrogen-bond donors (Lipinski definition) is 1. The highest BCUT2D eigenvalue weighted by molar-refractivity contribution is 5.84. The van der Waals surface area contributed by atoms with Crippen molar-refractivity contribution in [2.24, 2.45) is 0 Å². The molecule has 0 saturated heterocycles. The molecule has 3 aromatic carbocycles. The minimum Gasteiger partial charge on any atom is -0.494 e. The van der Waals surface area contributed by atoms with Gasteiger partial charge in [0.2, 0.25) is 0 Å². The average Bonchev–Trinajstić information content (AvgIpc) is 3.36. The van der Waals surface area contributed by atoms with Crippen LogP contribution in [-0.4, -0.2) is 77.3 Å². The van der Waals surface area contributed by atoms with E-state index in [0.717, 1.165) is 56.3 Å². The molecule has 0 saturated carbocycles. The summed E-state index contributed by atoms with van der Waals surface area (Å²) in [6.45, 7) is 6.54. The first kappa shape index (κ1) is 38.2. The van der Waals surface area contributed by atoms with Gasteiger partial charge in [-0.05, 0) is 103 Å². The molecular formula is C41H54O8. The maximum atomic E-state index is 11.8. The summed E-state index contributed by atoms with van der Waals surface area (Å²) in [6.07, 6.45) is 6.77. The normalized spacial score (nSPS) is 12.9. The van der Waals surface area contributed by atoms with Crippen molar-refractivity contribution in [2.45, 2.75) is 76.5 Å². The lowest BCUT2D eigenvalue weighted by atomic mass is 9.71. The molecule has 0 heterocycles. The maximum absolute atomic E-state index is 11.8. The van der Waals surface area contributed by atoms with Crippen molar-refractivity contribution < 1.29 is 38.4 Å². The van der Waals surface area contributed by atoms with Crippen molar-refractivity contribution in [3.05, 3.63) is 77.4 Å². The standard InChI is InChI=1S/C41H54O8/c1-31-10-17-36-37-18-13-33(32-11-15-35(16-12-32)49-24-6-4-5-9-34(42)14-19-40(43)44)30-39(37)41(38(36)29-31,20-7-22-47-27-25-45-2)21-8-23-48-28-26-46-3/h10-13,15-18,29-30H,4-9,14,19-28H2,1-3H3,(H,43,44). The fraction of sp³-hybridized carbons (Fsp3) is 0.512. The molecule has 49 heavy (non-hydrogen) atoms. The fourth-order valence-corrected chi connectivity index (χ4v) is 6.80. The summed E-state index contributed by atoms with van der Waals surface area (Å²) in [7, 11) is 3.40. The first-order valence-corrected chi connectivity index (χ1v) is 17.7. The molecule has 4 rings (SSSR count). The molecule has 0 aromatic heterocycles. The molecule has 266 valence electrons. The topological polar surface area (TPSA) is 101 Å². The average molecular weight is 675 g/mol. The van der Waals surface area contributed by atoms with Crippen LogP contribution in [0.1, 0.15) is 80.9 Å². The Balaban J connectivity index is 1.46. The summed E-state index contributed by atoms with van der Waals surface area (Å²) in [6, 6.07) is 22.1. The van der Waals surface area contributed by atoms with Crippen molar-refractivity contribution in [2.75, 3.05) is 60.5 Å². The molecule has 1 N–H and O–H groups in total. The van der Waals surface area contributed by atoms with Gasteiger partial charge in [0.05, 0.1) is 39.5 Å². The zero-order valence-electron chi connectivity index (χ0n) is 29.6. The summed E-state index contributed by atoms with van der Waals surface area (Å²) in [4.78, 5) is 22.4. The smallest absolute Gasteiger partial charge is 0.303 e. The van der Waals surface area contributed by atoms with Gasteiger partial charge in [0.25, 0.3) is 0 Å². The Morgan fingerprint density at radius 1 is 0.612 bits per heavy atom. The Bertz CT molecular complexity index is 1450. The van der Waals surface area contributed by atoms with E-state index in [1.807, 2.05) is 12.1 Å². The fourth-order valence-electron chi connectivity index (χ4n) is 6.80. The van der Waals surface area contributed by atoms with Gasteiger partial charge in [0.15, 0.2) is 0 Å². The molecule has 0 aliphatic heterocycles. The molecule has 0 radical (unpaired) electrons. The van der Waals surface area contributed by atoms with E-state index in [1.54, 1.807) is 14.2 Å². The van der Waals surface area contributed by atoms with Gasteiger partial charge in [-0.1, -0.05) is 48.0 Å². The van der Waals surface area contributed by atoms with Crippen LogP contribution in [0.25, 0.3) is 22.3 Å². The molecule has 1 aliphatic rings. The van der Waals surface area contributed by atoms with Crippen LogP contribution in [-0.2, 0) is 34.0 Å². The number of aliphatic carboxylic acids is 1. The van der Waals surface area contributed by atoms with Crippen LogP contribution in [0.5, 0.6) is 5.75 Å². The summed E-state index contributed by atoms with van der Waals surface area (Å²) in [5, 5.41) is 8.72. The zero-order valence-corrected chi connectivity index (χ0v) is 29.6. The minimum atomic E-state index is -0.927. The van der Waals surface area contributed by atoms with Gasteiger partial charge >= 0.3 is 5.97 Å². The third kappa shape index (κ3) is 11.2. The van der Waals surface area contributed by atoms with Crippen LogP contribution in [0.4, 0.5) is 0 Å². The maximum Gasteiger partial charge on any atom is 0.303 e. The monoisotopic (exact) mass is 674 g/mol. The number of benzene rings is 3. The first-order valence-electron chi connectivity index (χ1n) is 17.7. The molecule has 0 unspecified atom stereocenters. The molecule has 0 atom stereocenters. The number of Topliss-reactive ketones (excluding diaryl/α,β-unsaturated/α-hetero) is 1. The van der Waals surface area contributed by atoms with E-state index < -0.39 is 5.97 Å². The molecular weight excluding hydrogens is 620 g/mol. The second kappa shape index (κ2) is 20.2. The van der Waals surface area contributed by atoms with Crippen LogP contribution in [0.15, 0.2) is 60.7 Å². The van der Waals surface area contributed by atoms with Crippen molar-refractivity contribution in [3.8, 4) is 28.0 Å². The highest BCUT2D eigenvalue weighted by Gasteiger charge is 2.42. The van der Waals surface area contributed by atoms with Gasteiger partial charge in [0, 0.05) is 45.7 Å². The second-order valence-corrected chi connectivity index (χ2v) is 12.9. The SMILES string of the molecule is COCCOCCCC1(CCCOCCOC)c2cc(C)ccc2-c2ccc(-c3ccc(OCCCCCC(=O)CCC(=O)O)cc3)cc21. The van der Waals surface area contributed by atoms with E-state index in [1.165, 1.54) is 33.4 Å². The highest BCUT2D eigenvalue weighted by atomic mass is 16.5. The number of fused-ring (bicyclic) bond motifs is 3. The molecule has 0 amide bonds. The zero-order chi connectivity index (χ0) is 34.9. The summed E-state index contributed by atoms with van der Waals surface area (Å²) in [5.74, 6) is -0.0916. The van der Waals surface area contributed by atoms with Crippen LogP contribution in [0.2, 0.25) is 0 Å².